The second kappa shape index (κ2) is 6.65. The Morgan fingerprint density at radius 3 is 2.75 bits per heavy atom. The molecule has 2 aromatic rings. The van der Waals surface area contributed by atoms with Gasteiger partial charge >= 0.3 is 0 Å². The fraction of sp³-hybridized carbons (Fsp3) is 0.500. The molecule has 2 rings (SSSR count). The molecular formula is C14H20N4OS. The molecule has 0 fully saturated rings. The molecule has 0 bridgehead atoms. The highest BCUT2D eigenvalue weighted by Gasteiger charge is 2.10. The Balaban J connectivity index is 2.00. The van der Waals surface area contributed by atoms with Crippen LogP contribution in [0.4, 0.5) is 5.95 Å². The van der Waals surface area contributed by atoms with E-state index in [1.165, 1.54) is 0 Å². The Labute approximate surface area is 123 Å². The smallest absolute Gasteiger partial charge is 0.226 e. The fourth-order valence-corrected chi connectivity index (χ4v) is 2.43. The predicted octanol–water partition coefficient (Wildman–Crippen LogP) is 3.24. The van der Waals surface area contributed by atoms with Gasteiger partial charge in [0.05, 0.1) is 11.1 Å². The third-order valence-electron chi connectivity index (χ3n) is 2.63. The van der Waals surface area contributed by atoms with Gasteiger partial charge in [-0.3, -0.25) is 0 Å². The number of hydrogen-bond donors (Lipinski definition) is 1. The lowest BCUT2D eigenvalue weighted by molar-refractivity contribution is 0.232. The van der Waals surface area contributed by atoms with Gasteiger partial charge in [-0.2, -0.15) is 4.98 Å². The minimum absolute atomic E-state index is 0.103. The van der Waals surface area contributed by atoms with Crippen molar-refractivity contribution in [3.8, 4) is 5.88 Å². The van der Waals surface area contributed by atoms with E-state index < -0.39 is 0 Å². The molecule has 2 heterocycles. The SMILES string of the molecule is Cc1cc(OC(C)C)nc(NCC(C)c2nccs2)n1. The van der Waals surface area contributed by atoms with Crippen LogP contribution < -0.4 is 10.1 Å². The Morgan fingerprint density at radius 2 is 2.10 bits per heavy atom. The van der Waals surface area contributed by atoms with Gasteiger partial charge in [-0.1, -0.05) is 6.92 Å². The van der Waals surface area contributed by atoms with Crippen LogP contribution in [0.5, 0.6) is 5.88 Å². The summed E-state index contributed by atoms with van der Waals surface area (Å²) in [5, 5.41) is 6.36. The predicted molar refractivity (Wildman–Crippen MR) is 81.6 cm³/mol. The van der Waals surface area contributed by atoms with Crippen LogP contribution in [0.25, 0.3) is 0 Å². The lowest BCUT2D eigenvalue weighted by atomic mass is 10.2. The van der Waals surface area contributed by atoms with Gasteiger partial charge in [-0.15, -0.1) is 11.3 Å². The zero-order valence-electron chi connectivity index (χ0n) is 12.3. The highest BCUT2D eigenvalue weighted by Crippen LogP contribution is 2.19. The lowest BCUT2D eigenvalue weighted by Crippen LogP contribution is -2.14. The lowest BCUT2D eigenvalue weighted by Gasteiger charge is -2.13. The van der Waals surface area contributed by atoms with E-state index in [0.29, 0.717) is 17.7 Å². The number of aromatic nitrogens is 3. The Kier molecular flexibility index (Phi) is 4.89. The molecule has 5 nitrogen and oxygen atoms in total. The summed E-state index contributed by atoms with van der Waals surface area (Å²) in [7, 11) is 0. The number of rotatable bonds is 6. The summed E-state index contributed by atoms with van der Waals surface area (Å²) < 4.78 is 5.61. The van der Waals surface area contributed by atoms with E-state index in [1.54, 1.807) is 11.3 Å². The summed E-state index contributed by atoms with van der Waals surface area (Å²) in [6.45, 7) is 8.78. The van der Waals surface area contributed by atoms with Gasteiger partial charge in [0.15, 0.2) is 0 Å². The standard InChI is InChI=1S/C14H20N4OS/c1-9(2)19-12-7-11(4)17-14(18-12)16-8-10(3)13-15-5-6-20-13/h5-7,9-10H,8H2,1-4H3,(H,16,17,18). The molecule has 0 aliphatic rings. The van der Waals surface area contributed by atoms with E-state index in [0.717, 1.165) is 17.2 Å². The van der Waals surface area contributed by atoms with Gasteiger partial charge in [-0.05, 0) is 20.8 Å². The van der Waals surface area contributed by atoms with Crippen molar-refractivity contribution in [2.75, 3.05) is 11.9 Å². The van der Waals surface area contributed by atoms with Crippen LogP contribution >= 0.6 is 11.3 Å². The van der Waals surface area contributed by atoms with Gasteiger partial charge < -0.3 is 10.1 Å². The second-order valence-electron chi connectivity index (χ2n) is 4.99. The van der Waals surface area contributed by atoms with Crippen molar-refractivity contribution in [2.45, 2.75) is 39.7 Å². The molecule has 0 saturated heterocycles. The summed E-state index contributed by atoms with van der Waals surface area (Å²) in [5.74, 6) is 1.54. The van der Waals surface area contributed by atoms with Gasteiger partial charge in [-0.25, -0.2) is 9.97 Å². The van der Waals surface area contributed by atoms with Crippen LogP contribution in [-0.4, -0.2) is 27.6 Å². The van der Waals surface area contributed by atoms with E-state index in [-0.39, 0.29) is 6.10 Å². The highest BCUT2D eigenvalue weighted by atomic mass is 32.1. The zero-order valence-corrected chi connectivity index (χ0v) is 13.1. The highest BCUT2D eigenvalue weighted by molar-refractivity contribution is 7.09. The molecule has 1 atom stereocenters. The molecule has 2 aromatic heterocycles. The molecular weight excluding hydrogens is 272 g/mol. The largest absolute Gasteiger partial charge is 0.475 e. The molecule has 0 spiro atoms. The third-order valence-corrected chi connectivity index (χ3v) is 3.63. The quantitative estimate of drug-likeness (QED) is 0.885. The van der Waals surface area contributed by atoms with Crippen molar-refractivity contribution in [1.82, 2.24) is 15.0 Å². The van der Waals surface area contributed by atoms with Crippen molar-refractivity contribution in [3.05, 3.63) is 28.3 Å². The van der Waals surface area contributed by atoms with Crippen molar-refractivity contribution >= 4 is 17.3 Å². The van der Waals surface area contributed by atoms with E-state index in [1.807, 2.05) is 38.4 Å². The van der Waals surface area contributed by atoms with E-state index in [9.17, 15) is 0 Å². The minimum Gasteiger partial charge on any atom is -0.475 e. The van der Waals surface area contributed by atoms with E-state index in [2.05, 4.69) is 27.2 Å². The molecule has 0 radical (unpaired) electrons. The molecule has 0 aliphatic heterocycles. The molecule has 1 N–H and O–H groups in total. The number of hydrogen-bond acceptors (Lipinski definition) is 6. The third kappa shape index (κ3) is 4.16. The summed E-state index contributed by atoms with van der Waals surface area (Å²) in [6, 6.07) is 1.84. The Hall–Kier alpha value is -1.69. The summed E-state index contributed by atoms with van der Waals surface area (Å²) in [4.78, 5) is 13.1. The number of anilines is 1. The molecule has 6 heteroatoms. The second-order valence-corrected chi connectivity index (χ2v) is 5.92. The van der Waals surface area contributed by atoms with E-state index in [4.69, 9.17) is 4.74 Å². The maximum Gasteiger partial charge on any atom is 0.226 e. The normalized spacial score (nSPS) is 12.4. The van der Waals surface area contributed by atoms with Gasteiger partial charge in [0.25, 0.3) is 0 Å². The first-order valence-electron chi connectivity index (χ1n) is 6.70. The molecule has 0 aliphatic carbocycles. The first kappa shape index (κ1) is 14.7. The van der Waals surface area contributed by atoms with Crippen molar-refractivity contribution in [2.24, 2.45) is 0 Å². The van der Waals surface area contributed by atoms with Crippen molar-refractivity contribution in [3.63, 3.8) is 0 Å². The Morgan fingerprint density at radius 1 is 1.30 bits per heavy atom. The first-order chi connectivity index (χ1) is 9.54. The summed E-state index contributed by atoms with van der Waals surface area (Å²) in [6.07, 6.45) is 1.93. The maximum atomic E-state index is 5.61. The fourth-order valence-electron chi connectivity index (χ4n) is 1.73. The first-order valence-corrected chi connectivity index (χ1v) is 7.58. The van der Waals surface area contributed by atoms with Crippen molar-refractivity contribution < 1.29 is 4.74 Å². The zero-order chi connectivity index (χ0) is 14.5. The summed E-state index contributed by atoms with van der Waals surface area (Å²) in [5.41, 5.74) is 0.889. The molecule has 1 unspecified atom stereocenters. The molecule has 0 amide bonds. The van der Waals surface area contributed by atoms with Crippen LogP contribution in [0.1, 0.15) is 37.4 Å². The molecule has 0 aromatic carbocycles. The van der Waals surface area contributed by atoms with Crippen molar-refractivity contribution in [1.29, 1.82) is 0 Å². The van der Waals surface area contributed by atoms with Crippen LogP contribution in [0, 0.1) is 6.92 Å². The molecule has 0 saturated carbocycles. The average Bonchev–Trinajstić information content (AvgIpc) is 2.88. The maximum absolute atomic E-state index is 5.61. The number of aryl methyl sites for hydroxylation is 1. The van der Waals surface area contributed by atoms with E-state index >= 15 is 0 Å². The number of thiazole rings is 1. The van der Waals surface area contributed by atoms with Crippen LogP contribution in [0.2, 0.25) is 0 Å². The minimum atomic E-state index is 0.103. The average molecular weight is 292 g/mol. The van der Waals surface area contributed by atoms with Crippen LogP contribution in [0.15, 0.2) is 17.6 Å². The monoisotopic (exact) mass is 292 g/mol. The number of nitrogens with one attached hydrogen (secondary N) is 1. The molecule has 108 valence electrons. The van der Waals surface area contributed by atoms with Crippen LogP contribution in [-0.2, 0) is 0 Å². The Bertz CT molecular complexity index is 542. The number of nitrogens with zero attached hydrogens (tertiary/aromatic N) is 3. The van der Waals surface area contributed by atoms with Gasteiger partial charge in [0, 0.05) is 35.8 Å². The molecule has 20 heavy (non-hydrogen) atoms. The van der Waals surface area contributed by atoms with Crippen LogP contribution in [0.3, 0.4) is 0 Å². The van der Waals surface area contributed by atoms with Gasteiger partial charge in [0.2, 0.25) is 11.8 Å². The number of ether oxygens (including phenoxy) is 1. The topological polar surface area (TPSA) is 59.9 Å². The summed E-state index contributed by atoms with van der Waals surface area (Å²) >= 11 is 1.66. The van der Waals surface area contributed by atoms with Gasteiger partial charge in [0.1, 0.15) is 0 Å².